The maximum atomic E-state index is 6.45. The number of hydrogen-bond acceptors (Lipinski definition) is 5. The van der Waals surface area contributed by atoms with Crippen molar-refractivity contribution in [2.45, 2.75) is 0 Å². The van der Waals surface area contributed by atoms with Crippen LogP contribution in [-0.2, 0) is 0 Å². The molecule has 0 atom stereocenters. The number of fused-ring (bicyclic) bond motifs is 3. The van der Waals surface area contributed by atoms with Crippen LogP contribution in [0.2, 0.25) is 0 Å². The van der Waals surface area contributed by atoms with Crippen LogP contribution < -0.4 is 0 Å². The standard InChI is InChI=1S/C50H32N4O/c1-4-13-33(14-5-1)41-20-10-11-21-42(41)34-23-27-38(28-24-34)48-52-47(37-15-6-2-7-16-37)53-49(54-48)39-29-25-35(26-30-39)43-22-12-19-36-31-32-44-46(45(36)43)55-50(51-44)40-17-8-3-9-18-40/h1-32H. The summed E-state index contributed by atoms with van der Waals surface area (Å²) in [6, 6.07) is 66.5. The SMILES string of the molecule is c1ccc(-c2nc(-c3ccc(-c4ccccc4-c4ccccc4)cc3)nc(-c3ccc(-c4cccc5ccc6nc(-c7ccccc7)oc6c45)cc3)n2)cc1. The van der Waals surface area contributed by atoms with E-state index in [0.717, 1.165) is 60.8 Å². The fraction of sp³-hybridized carbons (Fsp3) is 0. The van der Waals surface area contributed by atoms with Crippen molar-refractivity contribution < 1.29 is 4.42 Å². The number of hydrogen-bond donors (Lipinski definition) is 0. The molecule has 0 aliphatic carbocycles. The van der Waals surface area contributed by atoms with Crippen molar-refractivity contribution in [1.82, 2.24) is 19.9 Å². The lowest BCUT2D eigenvalue weighted by Crippen LogP contribution is -2.00. The number of aromatic nitrogens is 4. The van der Waals surface area contributed by atoms with Gasteiger partial charge in [0.15, 0.2) is 23.1 Å². The molecule has 8 aromatic carbocycles. The molecular weight excluding hydrogens is 673 g/mol. The first kappa shape index (κ1) is 32.2. The Morgan fingerprint density at radius 1 is 0.291 bits per heavy atom. The van der Waals surface area contributed by atoms with Crippen LogP contribution in [0.5, 0.6) is 0 Å². The molecule has 0 radical (unpaired) electrons. The zero-order valence-corrected chi connectivity index (χ0v) is 29.7. The van der Waals surface area contributed by atoms with Crippen molar-refractivity contribution in [1.29, 1.82) is 0 Å². The monoisotopic (exact) mass is 704 g/mol. The summed E-state index contributed by atoms with van der Waals surface area (Å²) in [5.41, 5.74) is 12.1. The molecule has 0 saturated carbocycles. The van der Waals surface area contributed by atoms with E-state index in [4.69, 9.17) is 24.4 Å². The molecule has 5 heteroatoms. The summed E-state index contributed by atoms with van der Waals surface area (Å²) in [6.45, 7) is 0. The maximum absolute atomic E-state index is 6.45. The summed E-state index contributed by atoms with van der Waals surface area (Å²) in [5, 5.41) is 2.13. The summed E-state index contributed by atoms with van der Waals surface area (Å²) >= 11 is 0. The average Bonchev–Trinajstić information content (AvgIpc) is 3.72. The fourth-order valence-corrected chi connectivity index (χ4v) is 7.25. The zero-order valence-electron chi connectivity index (χ0n) is 29.7. The largest absolute Gasteiger partial charge is 0.435 e. The molecule has 0 unspecified atom stereocenters. The van der Waals surface area contributed by atoms with Gasteiger partial charge in [-0.2, -0.15) is 0 Å². The van der Waals surface area contributed by atoms with Gasteiger partial charge in [0.2, 0.25) is 5.89 Å². The van der Waals surface area contributed by atoms with Gasteiger partial charge in [-0.1, -0.05) is 176 Å². The molecule has 5 nitrogen and oxygen atoms in total. The van der Waals surface area contributed by atoms with E-state index in [0.29, 0.717) is 23.4 Å². The number of oxazole rings is 1. The summed E-state index contributed by atoms with van der Waals surface area (Å²) < 4.78 is 6.45. The molecule has 2 aromatic heterocycles. The highest BCUT2D eigenvalue weighted by molar-refractivity contribution is 6.11. The van der Waals surface area contributed by atoms with E-state index in [1.807, 2.05) is 72.8 Å². The van der Waals surface area contributed by atoms with Crippen molar-refractivity contribution in [3.8, 4) is 79.0 Å². The van der Waals surface area contributed by atoms with Crippen LogP contribution in [0.1, 0.15) is 0 Å². The van der Waals surface area contributed by atoms with Gasteiger partial charge < -0.3 is 4.42 Å². The van der Waals surface area contributed by atoms with Gasteiger partial charge in [-0.25, -0.2) is 19.9 Å². The first-order chi connectivity index (χ1) is 27.2. The highest BCUT2D eigenvalue weighted by atomic mass is 16.3. The van der Waals surface area contributed by atoms with E-state index in [9.17, 15) is 0 Å². The van der Waals surface area contributed by atoms with Crippen molar-refractivity contribution >= 4 is 21.9 Å². The van der Waals surface area contributed by atoms with Crippen molar-refractivity contribution in [2.24, 2.45) is 0 Å². The predicted molar refractivity (Wildman–Crippen MR) is 223 cm³/mol. The van der Waals surface area contributed by atoms with Crippen LogP contribution in [0.3, 0.4) is 0 Å². The van der Waals surface area contributed by atoms with Gasteiger partial charge in [0.1, 0.15) is 5.52 Å². The molecule has 10 rings (SSSR count). The van der Waals surface area contributed by atoms with Crippen LogP contribution in [0.4, 0.5) is 0 Å². The third kappa shape index (κ3) is 6.14. The summed E-state index contributed by atoms with van der Waals surface area (Å²) in [5.74, 6) is 2.46. The molecule has 10 aromatic rings. The topological polar surface area (TPSA) is 64.7 Å². The second-order valence-electron chi connectivity index (χ2n) is 13.4. The lowest BCUT2D eigenvalue weighted by atomic mass is 9.94. The predicted octanol–water partition coefficient (Wildman–Crippen LogP) is 12.8. The molecular formula is C50H32N4O. The van der Waals surface area contributed by atoms with E-state index in [1.54, 1.807) is 0 Å². The normalized spacial score (nSPS) is 11.3. The van der Waals surface area contributed by atoms with E-state index in [1.165, 1.54) is 16.7 Å². The van der Waals surface area contributed by atoms with Gasteiger partial charge in [-0.15, -0.1) is 0 Å². The summed E-state index contributed by atoms with van der Waals surface area (Å²) in [7, 11) is 0. The molecule has 0 N–H and O–H groups in total. The Morgan fingerprint density at radius 3 is 1.27 bits per heavy atom. The van der Waals surface area contributed by atoms with Crippen LogP contribution in [0, 0.1) is 0 Å². The molecule has 0 fully saturated rings. The molecule has 0 aliphatic heterocycles. The van der Waals surface area contributed by atoms with Gasteiger partial charge in [0, 0.05) is 27.6 Å². The molecule has 0 spiro atoms. The van der Waals surface area contributed by atoms with Crippen LogP contribution in [0.25, 0.3) is 101 Å². The summed E-state index contributed by atoms with van der Waals surface area (Å²) in [6.07, 6.45) is 0. The van der Waals surface area contributed by atoms with Gasteiger partial charge in [-0.3, -0.25) is 0 Å². The van der Waals surface area contributed by atoms with Crippen molar-refractivity contribution in [3.63, 3.8) is 0 Å². The van der Waals surface area contributed by atoms with Gasteiger partial charge >= 0.3 is 0 Å². The molecule has 0 aliphatic rings. The molecule has 0 bridgehead atoms. The highest BCUT2D eigenvalue weighted by Crippen LogP contribution is 2.38. The molecule has 258 valence electrons. The molecule has 2 heterocycles. The second-order valence-corrected chi connectivity index (χ2v) is 13.4. The van der Waals surface area contributed by atoms with Gasteiger partial charge in [0.25, 0.3) is 0 Å². The van der Waals surface area contributed by atoms with Gasteiger partial charge in [0.05, 0.1) is 0 Å². The Hall–Kier alpha value is -7.50. The van der Waals surface area contributed by atoms with Crippen molar-refractivity contribution in [2.75, 3.05) is 0 Å². The minimum Gasteiger partial charge on any atom is -0.435 e. The lowest BCUT2D eigenvalue weighted by molar-refractivity contribution is 0.623. The Bertz CT molecular complexity index is 2940. The van der Waals surface area contributed by atoms with Gasteiger partial charge in [-0.05, 0) is 57.0 Å². The van der Waals surface area contributed by atoms with Crippen LogP contribution in [0.15, 0.2) is 199 Å². The zero-order chi connectivity index (χ0) is 36.6. The third-order valence-corrected chi connectivity index (χ3v) is 10.0. The average molecular weight is 705 g/mol. The second kappa shape index (κ2) is 13.8. The van der Waals surface area contributed by atoms with Crippen LogP contribution in [-0.4, -0.2) is 19.9 Å². The minimum atomic E-state index is 0.608. The minimum absolute atomic E-state index is 0.608. The van der Waals surface area contributed by atoms with Crippen LogP contribution >= 0.6 is 0 Å². The molecule has 0 amide bonds. The van der Waals surface area contributed by atoms with E-state index in [2.05, 4.69) is 121 Å². The number of rotatable bonds is 7. The maximum Gasteiger partial charge on any atom is 0.227 e. The Kier molecular flexibility index (Phi) is 8.08. The highest BCUT2D eigenvalue weighted by Gasteiger charge is 2.17. The number of benzene rings is 8. The lowest BCUT2D eigenvalue weighted by Gasteiger charge is -2.12. The quantitative estimate of drug-likeness (QED) is 0.165. The Morgan fingerprint density at radius 2 is 0.709 bits per heavy atom. The first-order valence-corrected chi connectivity index (χ1v) is 18.3. The Balaban J connectivity index is 1.03. The van der Waals surface area contributed by atoms with Crippen molar-refractivity contribution in [3.05, 3.63) is 194 Å². The first-order valence-electron chi connectivity index (χ1n) is 18.3. The van der Waals surface area contributed by atoms with E-state index < -0.39 is 0 Å². The smallest absolute Gasteiger partial charge is 0.227 e. The molecule has 55 heavy (non-hydrogen) atoms. The number of nitrogens with zero attached hydrogens (tertiary/aromatic N) is 4. The third-order valence-electron chi connectivity index (χ3n) is 10.0. The molecule has 0 saturated heterocycles. The van der Waals surface area contributed by atoms with E-state index in [-0.39, 0.29) is 0 Å². The Labute approximate surface area is 318 Å². The fourth-order valence-electron chi connectivity index (χ4n) is 7.25. The summed E-state index contributed by atoms with van der Waals surface area (Å²) in [4.78, 5) is 19.9. The van der Waals surface area contributed by atoms with E-state index >= 15 is 0 Å².